The van der Waals surface area contributed by atoms with Gasteiger partial charge in [-0.3, -0.25) is 4.79 Å². The molecule has 0 aliphatic carbocycles. The second-order valence-electron chi connectivity index (χ2n) is 5.76. The molecule has 1 fully saturated rings. The number of hydrogen-bond acceptors (Lipinski definition) is 4. The van der Waals surface area contributed by atoms with E-state index in [0.29, 0.717) is 18.5 Å². The van der Waals surface area contributed by atoms with E-state index in [1.165, 1.54) is 7.11 Å². The molecule has 1 amide bonds. The lowest BCUT2D eigenvalue weighted by atomic mass is 10.0. The van der Waals surface area contributed by atoms with Crippen molar-refractivity contribution in [1.82, 2.24) is 4.90 Å². The van der Waals surface area contributed by atoms with Gasteiger partial charge >= 0.3 is 0 Å². The van der Waals surface area contributed by atoms with Crippen molar-refractivity contribution >= 4 is 11.6 Å². The molecule has 1 atom stereocenters. The van der Waals surface area contributed by atoms with Crippen LogP contribution in [0.4, 0.5) is 0 Å². The number of nitrogens with zero attached hydrogens (tertiary/aromatic N) is 2. The molecule has 1 N–H and O–H groups in total. The van der Waals surface area contributed by atoms with Gasteiger partial charge in [-0.2, -0.15) is 0 Å². The van der Waals surface area contributed by atoms with Crippen molar-refractivity contribution in [3.8, 4) is 11.1 Å². The molecule has 24 heavy (non-hydrogen) atoms. The molecule has 3 rings (SSSR count). The topological polar surface area (TPSA) is 62.1 Å². The van der Waals surface area contributed by atoms with Crippen LogP contribution in [0.3, 0.4) is 0 Å². The Balaban J connectivity index is 1.79. The monoisotopic (exact) mass is 324 g/mol. The zero-order chi connectivity index (χ0) is 16.9. The molecule has 5 nitrogen and oxygen atoms in total. The van der Waals surface area contributed by atoms with Crippen molar-refractivity contribution in [2.75, 3.05) is 20.3 Å². The number of oxime groups is 1. The highest BCUT2D eigenvalue weighted by atomic mass is 16.6. The highest BCUT2D eigenvalue weighted by Gasteiger charge is 2.33. The van der Waals surface area contributed by atoms with Crippen molar-refractivity contribution < 1.29 is 14.7 Å². The maximum atomic E-state index is 12.7. The third kappa shape index (κ3) is 3.31. The van der Waals surface area contributed by atoms with Crippen LogP contribution < -0.4 is 0 Å². The Morgan fingerprint density at radius 2 is 1.83 bits per heavy atom. The minimum Gasteiger partial charge on any atom is -0.399 e. The van der Waals surface area contributed by atoms with Crippen LogP contribution in [0.2, 0.25) is 0 Å². The summed E-state index contributed by atoms with van der Waals surface area (Å²) in [4.78, 5) is 19.2. The van der Waals surface area contributed by atoms with Gasteiger partial charge in [-0.15, -0.1) is 0 Å². The molecule has 0 saturated carbocycles. The van der Waals surface area contributed by atoms with Crippen LogP contribution in [0.5, 0.6) is 0 Å². The zero-order valence-corrected chi connectivity index (χ0v) is 13.6. The molecule has 1 unspecified atom stereocenters. The molecule has 0 spiro atoms. The first-order valence-electron chi connectivity index (χ1n) is 7.89. The standard InChI is InChI=1S/C19H20N2O3/c1-24-20-17-11-18(13-22)21(12-17)19(23)16-9-7-15(8-10-16)14-5-3-2-4-6-14/h2-10,18,22H,11-13H2,1H3/b20-17+. The number of rotatable bonds is 4. The summed E-state index contributed by atoms with van der Waals surface area (Å²) >= 11 is 0. The van der Waals surface area contributed by atoms with E-state index in [1.54, 1.807) is 4.90 Å². The van der Waals surface area contributed by atoms with Gasteiger partial charge in [-0.05, 0) is 23.3 Å². The number of aliphatic hydroxyl groups is 1. The summed E-state index contributed by atoms with van der Waals surface area (Å²) in [6, 6.07) is 17.3. The molecule has 1 saturated heterocycles. The van der Waals surface area contributed by atoms with Gasteiger partial charge in [0.2, 0.25) is 0 Å². The Morgan fingerprint density at radius 1 is 1.17 bits per heavy atom. The van der Waals surface area contributed by atoms with Crippen LogP contribution in [0.25, 0.3) is 11.1 Å². The molecule has 0 aromatic heterocycles. The van der Waals surface area contributed by atoms with Crippen molar-refractivity contribution in [1.29, 1.82) is 0 Å². The first-order valence-corrected chi connectivity index (χ1v) is 7.89. The molecule has 2 aromatic carbocycles. The summed E-state index contributed by atoms with van der Waals surface area (Å²) in [7, 11) is 1.48. The average molecular weight is 324 g/mol. The highest BCUT2D eigenvalue weighted by Crippen LogP contribution is 2.22. The van der Waals surface area contributed by atoms with E-state index in [1.807, 2.05) is 54.6 Å². The Morgan fingerprint density at radius 3 is 2.46 bits per heavy atom. The number of carbonyl (C=O) groups excluding carboxylic acids is 1. The fourth-order valence-electron chi connectivity index (χ4n) is 2.97. The van der Waals surface area contributed by atoms with E-state index in [2.05, 4.69) is 5.16 Å². The summed E-state index contributed by atoms with van der Waals surface area (Å²) in [6.45, 7) is 0.301. The van der Waals surface area contributed by atoms with Gasteiger partial charge in [0, 0.05) is 12.0 Å². The molecule has 124 valence electrons. The van der Waals surface area contributed by atoms with E-state index in [0.717, 1.165) is 16.8 Å². The van der Waals surface area contributed by atoms with Gasteiger partial charge < -0.3 is 14.8 Å². The van der Waals surface area contributed by atoms with Crippen LogP contribution in [0.15, 0.2) is 59.8 Å². The van der Waals surface area contributed by atoms with E-state index in [-0.39, 0.29) is 18.6 Å². The fourth-order valence-corrected chi connectivity index (χ4v) is 2.97. The van der Waals surface area contributed by atoms with E-state index >= 15 is 0 Å². The van der Waals surface area contributed by atoms with Crippen LogP contribution in [-0.2, 0) is 4.84 Å². The van der Waals surface area contributed by atoms with Crippen LogP contribution in [0, 0.1) is 0 Å². The van der Waals surface area contributed by atoms with Crippen LogP contribution in [0.1, 0.15) is 16.8 Å². The number of hydrogen-bond donors (Lipinski definition) is 1. The SMILES string of the molecule is CO/N=C1\CC(CO)N(C(=O)c2ccc(-c3ccccc3)cc2)C1. The zero-order valence-electron chi connectivity index (χ0n) is 13.6. The summed E-state index contributed by atoms with van der Waals surface area (Å²) in [5.74, 6) is -0.102. The lowest BCUT2D eigenvalue weighted by Gasteiger charge is -2.22. The van der Waals surface area contributed by atoms with Crippen LogP contribution >= 0.6 is 0 Å². The van der Waals surface area contributed by atoms with E-state index in [4.69, 9.17) is 4.84 Å². The molecule has 1 aliphatic heterocycles. The number of likely N-dealkylation sites (tertiary alicyclic amines) is 1. The molecule has 1 heterocycles. The third-order valence-electron chi connectivity index (χ3n) is 4.20. The molecule has 0 radical (unpaired) electrons. The maximum absolute atomic E-state index is 12.7. The number of amides is 1. The second-order valence-corrected chi connectivity index (χ2v) is 5.76. The number of benzene rings is 2. The first-order chi connectivity index (χ1) is 11.7. The van der Waals surface area contributed by atoms with Gasteiger partial charge in [0.25, 0.3) is 5.91 Å². The van der Waals surface area contributed by atoms with Gasteiger partial charge in [0.05, 0.1) is 24.9 Å². The first kappa shape index (κ1) is 16.2. The quantitative estimate of drug-likeness (QED) is 0.879. The Kier molecular flexibility index (Phi) is 4.91. The minimum absolute atomic E-state index is 0.0867. The van der Waals surface area contributed by atoms with Gasteiger partial charge in [-0.1, -0.05) is 47.6 Å². The maximum Gasteiger partial charge on any atom is 0.254 e. The predicted octanol–water partition coefficient (Wildman–Crippen LogP) is 2.56. The van der Waals surface area contributed by atoms with Crippen molar-refractivity contribution in [2.24, 2.45) is 5.16 Å². The van der Waals surface area contributed by atoms with Crippen LogP contribution in [-0.4, -0.2) is 47.9 Å². The van der Waals surface area contributed by atoms with Crippen molar-refractivity contribution in [3.05, 3.63) is 60.2 Å². The molecular weight excluding hydrogens is 304 g/mol. The second kappa shape index (κ2) is 7.27. The van der Waals surface area contributed by atoms with Gasteiger partial charge in [0.1, 0.15) is 7.11 Å². The lowest BCUT2D eigenvalue weighted by Crippen LogP contribution is -2.37. The Labute approximate surface area is 141 Å². The van der Waals surface area contributed by atoms with Gasteiger partial charge in [0.15, 0.2) is 0 Å². The van der Waals surface area contributed by atoms with Crippen molar-refractivity contribution in [2.45, 2.75) is 12.5 Å². The average Bonchev–Trinajstić information content (AvgIpc) is 3.05. The minimum atomic E-state index is -0.250. The molecule has 1 aliphatic rings. The summed E-state index contributed by atoms with van der Waals surface area (Å²) in [6.07, 6.45) is 0.540. The summed E-state index contributed by atoms with van der Waals surface area (Å²) < 4.78 is 0. The Hall–Kier alpha value is -2.66. The third-order valence-corrected chi connectivity index (χ3v) is 4.20. The van der Waals surface area contributed by atoms with Gasteiger partial charge in [-0.25, -0.2) is 0 Å². The normalized spacial score (nSPS) is 18.8. The van der Waals surface area contributed by atoms with E-state index in [9.17, 15) is 9.90 Å². The largest absolute Gasteiger partial charge is 0.399 e. The highest BCUT2D eigenvalue weighted by molar-refractivity contribution is 6.00. The fraction of sp³-hybridized carbons (Fsp3) is 0.263. The smallest absolute Gasteiger partial charge is 0.254 e. The number of aliphatic hydroxyl groups excluding tert-OH is 1. The molecular formula is C19H20N2O3. The Bertz CT molecular complexity index is 726. The summed E-state index contributed by atoms with van der Waals surface area (Å²) in [5, 5.41) is 13.4. The predicted molar refractivity (Wildman–Crippen MR) is 92.8 cm³/mol. The molecule has 2 aromatic rings. The molecule has 5 heteroatoms. The molecule has 0 bridgehead atoms. The van der Waals surface area contributed by atoms with Crippen molar-refractivity contribution in [3.63, 3.8) is 0 Å². The van der Waals surface area contributed by atoms with E-state index < -0.39 is 0 Å². The summed E-state index contributed by atoms with van der Waals surface area (Å²) in [5.41, 5.74) is 3.55. The number of carbonyl (C=O) groups is 1. The lowest BCUT2D eigenvalue weighted by molar-refractivity contribution is 0.0680.